The van der Waals surface area contributed by atoms with Crippen LogP contribution >= 0.6 is 23.4 Å². The Morgan fingerprint density at radius 3 is 2.69 bits per heavy atom. The molecule has 1 amide bonds. The van der Waals surface area contributed by atoms with Gasteiger partial charge in [0.2, 0.25) is 5.91 Å². The molecule has 4 rings (SSSR count). The lowest BCUT2D eigenvalue weighted by molar-refractivity contribution is -0.132. The van der Waals surface area contributed by atoms with E-state index in [0.717, 1.165) is 5.56 Å². The first kappa shape index (κ1) is 25.7. The number of rotatable bonds is 7. The molecule has 0 spiro atoms. The van der Waals surface area contributed by atoms with Gasteiger partial charge >= 0.3 is 0 Å². The summed E-state index contributed by atoms with van der Waals surface area (Å²) in [6.45, 7) is 5.75. The van der Waals surface area contributed by atoms with Crippen LogP contribution in [0.4, 0.5) is 0 Å². The van der Waals surface area contributed by atoms with E-state index < -0.39 is 9.84 Å². The van der Waals surface area contributed by atoms with E-state index in [9.17, 15) is 18.0 Å². The summed E-state index contributed by atoms with van der Waals surface area (Å²) in [6.07, 6.45) is 1.16. The lowest BCUT2D eigenvalue weighted by atomic mass is 10.1. The third kappa shape index (κ3) is 5.27. The molecule has 10 heteroatoms. The zero-order valence-corrected chi connectivity index (χ0v) is 22.3. The highest BCUT2D eigenvalue weighted by Gasteiger charge is 2.36. The Morgan fingerprint density at radius 1 is 1.26 bits per heavy atom. The zero-order chi connectivity index (χ0) is 25.3. The molecule has 1 saturated heterocycles. The van der Waals surface area contributed by atoms with Crippen LogP contribution in [-0.4, -0.2) is 58.1 Å². The molecule has 1 aliphatic heterocycles. The summed E-state index contributed by atoms with van der Waals surface area (Å²) in [5, 5.41) is 1.38. The normalized spacial score (nSPS) is 18.0. The molecule has 0 radical (unpaired) electrons. The van der Waals surface area contributed by atoms with Crippen LogP contribution < -0.4 is 5.56 Å². The zero-order valence-electron chi connectivity index (χ0n) is 19.9. The fourth-order valence-corrected chi connectivity index (χ4v) is 7.22. The van der Waals surface area contributed by atoms with Gasteiger partial charge in [-0.1, -0.05) is 48.5 Å². The largest absolute Gasteiger partial charge is 0.335 e. The van der Waals surface area contributed by atoms with Gasteiger partial charge in [0, 0.05) is 17.1 Å². The number of nitrogens with zero attached hydrogens (tertiary/aromatic N) is 3. The maximum atomic E-state index is 13.5. The molecule has 0 aliphatic carbocycles. The van der Waals surface area contributed by atoms with Gasteiger partial charge in [-0.3, -0.25) is 14.2 Å². The molecule has 2 heterocycles. The van der Waals surface area contributed by atoms with Crippen molar-refractivity contribution in [1.29, 1.82) is 0 Å². The van der Waals surface area contributed by atoms with E-state index in [2.05, 4.69) is 0 Å². The van der Waals surface area contributed by atoms with Crippen molar-refractivity contribution < 1.29 is 13.2 Å². The van der Waals surface area contributed by atoms with E-state index in [1.165, 1.54) is 16.3 Å². The predicted molar refractivity (Wildman–Crippen MR) is 141 cm³/mol. The second-order valence-corrected chi connectivity index (χ2v) is 12.4. The molecule has 1 aliphatic rings. The SMILES string of the molecule is CCC(C)N(C(=O)CSc1nc2ccccc2c(=O)n1-c1cccc(Cl)c1C)C1CCS(=O)(=O)C1. The lowest BCUT2D eigenvalue weighted by Gasteiger charge is -2.33. The van der Waals surface area contributed by atoms with Crippen molar-refractivity contribution in [3.8, 4) is 5.69 Å². The van der Waals surface area contributed by atoms with E-state index in [4.69, 9.17) is 16.6 Å². The Kier molecular flexibility index (Phi) is 7.59. The summed E-state index contributed by atoms with van der Waals surface area (Å²) >= 11 is 7.53. The Morgan fingerprint density at radius 2 is 2.00 bits per heavy atom. The van der Waals surface area contributed by atoms with E-state index in [1.54, 1.807) is 41.3 Å². The van der Waals surface area contributed by atoms with Gasteiger partial charge in [-0.15, -0.1) is 0 Å². The van der Waals surface area contributed by atoms with Crippen molar-refractivity contribution in [3.63, 3.8) is 0 Å². The topological polar surface area (TPSA) is 89.3 Å². The number of thioether (sulfide) groups is 1. The third-order valence-electron chi connectivity index (χ3n) is 6.51. The molecule has 186 valence electrons. The molecule has 2 unspecified atom stereocenters. The third-order valence-corrected chi connectivity index (χ3v) is 9.59. The highest BCUT2D eigenvalue weighted by molar-refractivity contribution is 7.99. The van der Waals surface area contributed by atoms with Crippen LogP contribution in [0.5, 0.6) is 0 Å². The molecule has 35 heavy (non-hydrogen) atoms. The Balaban J connectivity index is 1.72. The summed E-state index contributed by atoms with van der Waals surface area (Å²) in [7, 11) is -3.14. The summed E-state index contributed by atoms with van der Waals surface area (Å²) in [4.78, 5) is 33.4. The maximum Gasteiger partial charge on any atom is 0.266 e. The van der Waals surface area contributed by atoms with Gasteiger partial charge in [-0.2, -0.15) is 0 Å². The molecule has 1 fully saturated rings. The van der Waals surface area contributed by atoms with Crippen LogP contribution in [0, 0.1) is 6.92 Å². The molecular weight excluding hydrogens is 506 g/mol. The molecule has 0 saturated carbocycles. The minimum atomic E-state index is -3.14. The number of fused-ring (bicyclic) bond motifs is 1. The number of carbonyl (C=O) groups excluding carboxylic acids is 1. The van der Waals surface area contributed by atoms with Gasteiger partial charge in [0.1, 0.15) is 0 Å². The van der Waals surface area contributed by atoms with Crippen molar-refractivity contribution in [3.05, 3.63) is 63.4 Å². The maximum absolute atomic E-state index is 13.5. The first-order valence-corrected chi connectivity index (χ1v) is 14.7. The van der Waals surface area contributed by atoms with Crippen molar-refractivity contribution >= 4 is 50.0 Å². The quantitative estimate of drug-likeness (QED) is 0.333. The molecule has 7 nitrogen and oxygen atoms in total. The first-order chi connectivity index (χ1) is 16.6. The van der Waals surface area contributed by atoms with Crippen molar-refractivity contribution in [2.45, 2.75) is 50.9 Å². The smallest absolute Gasteiger partial charge is 0.266 e. The number of hydrogen-bond acceptors (Lipinski definition) is 6. The number of carbonyl (C=O) groups is 1. The van der Waals surface area contributed by atoms with E-state index in [0.29, 0.717) is 39.6 Å². The Hall–Kier alpha value is -2.36. The van der Waals surface area contributed by atoms with Gasteiger partial charge in [0.25, 0.3) is 5.56 Å². The number of benzene rings is 2. The minimum Gasteiger partial charge on any atom is -0.335 e. The summed E-state index contributed by atoms with van der Waals surface area (Å²) < 4.78 is 25.7. The van der Waals surface area contributed by atoms with Crippen LogP contribution in [0.2, 0.25) is 5.02 Å². The first-order valence-electron chi connectivity index (χ1n) is 11.5. The monoisotopic (exact) mass is 533 g/mol. The Labute approximate surface area is 214 Å². The number of amides is 1. The minimum absolute atomic E-state index is 0.00557. The second-order valence-electron chi connectivity index (χ2n) is 8.84. The van der Waals surface area contributed by atoms with Gasteiger partial charge in [-0.05, 0) is 56.5 Å². The van der Waals surface area contributed by atoms with Gasteiger partial charge in [0.15, 0.2) is 15.0 Å². The number of sulfone groups is 1. The average molecular weight is 534 g/mol. The summed E-state index contributed by atoms with van der Waals surface area (Å²) in [5.74, 6) is -0.0342. The van der Waals surface area contributed by atoms with E-state index >= 15 is 0 Å². The van der Waals surface area contributed by atoms with Crippen LogP contribution in [0.25, 0.3) is 16.6 Å². The van der Waals surface area contributed by atoms with Crippen LogP contribution in [0.3, 0.4) is 0 Å². The molecule has 2 aromatic carbocycles. The number of para-hydroxylation sites is 1. The second kappa shape index (κ2) is 10.3. The number of hydrogen-bond donors (Lipinski definition) is 0. The van der Waals surface area contributed by atoms with Gasteiger partial charge in [-0.25, -0.2) is 13.4 Å². The van der Waals surface area contributed by atoms with Crippen molar-refractivity contribution in [2.24, 2.45) is 0 Å². The highest BCUT2D eigenvalue weighted by Crippen LogP contribution is 2.28. The highest BCUT2D eigenvalue weighted by atomic mass is 35.5. The van der Waals surface area contributed by atoms with Gasteiger partial charge < -0.3 is 4.90 Å². The predicted octanol–water partition coefficient (Wildman–Crippen LogP) is 4.25. The number of aromatic nitrogens is 2. The van der Waals surface area contributed by atoms with Crippen LogP contribution in [0.15, 0.2) is 52.4 Å². The van der Waals surface area contributed by atoms with E-state index in [1.807, 2.05) is 26.8 Å². The molecule has 2 atom stereocenters. The molecule has 0 N–H and O–H groups in total. The molecule has 0 bridgehead atoms. The van der Waals surface area contributed by atoms with Gasteiger partial charge in [0.05, 0.1) is 33.8 Å². The van der Waals surface area contributed by atoms with Crippen LogP contribution in [0.1, 0.15) is 32.3 Å². The standard InChI is InChI=1S/C25H28ClN3O4S2/c1-4-16(2)28(18-12-13-35(32,33)15-18)23(30)14-34-25-27-21-10-6-5-8-19(21)24(31)29(25)22-11-7-9-20(26)17(22)3/h5-11,16,18H,4,12-15H2,1-3H3. The fraction of sp³-hybridized carbons (Fsp3) is 0.400. The van der Waals surface area contributed by atoms with Crippen molar-refractivity contribution in [1.82, 2.24) is 14.5 Å². The number of halogens is 1. The van der Waals surface area contributed by atoms with E-state index in [-0.39, 0.29) is 40.8 Å². The van der Waals surface area contributed by atoms with Crippen LogP contribution in [-0.2, 0) is 14.6 Å². The molecule has 3 aromatic rings. The lowest BCUT2D eigenvalue weighted by Crippen LogP contribution is -2.47. The summed E-state index contributed by atoms with van der Waals surface area (Å²) in [5.41, 5.74) is 1.65. The molecule has 1 aromatic heterocycles. The average Bonchev–Trinajstić information content (AvgIpc) is 3.19. The van der Waals surface area contributed by atoms with Crippen molar-refractivity contribution in [2.75, 3.05) is 17.3 Å². The fourth-order valence-electron chi connectivity index (χ4n) is 4.46. The molecular formula is C25H28ClN3O4S2. The summed E-state index contributed by atoms with van der Waals surface area (Å²) in [6, 6.07) is 12.0. The Bertz CT molecular complexity index is 1440.